The summed E-state index contributed by atoms with van der Waals surface area (Å²) < 4.78 is 118. The highest BCUT2D eigenvalue weighted by Gasteiger charge is 2.92. The predicted molar refractivity (Wildman–Crippen MR) is 202 cm³/mol. The van der Waals surface area contributed by atoms with Gasteiger partial charge in [-0.3, -0.25) is 18.4 Å². The number of rotatable bonds is 20. The third-order valence-corrected chi connectivity index (χ3v) is 12.9. The molecule has 58 heavy (non-hydrogen) atoms. The number of para-hydroxylation sites is 2. The van der Waals surface area contributed by atoms with Gasteiger partial charge in [-0.2, -0.15) is 10.1 Å². The minimum Gasteiger partial charge on any atom is -0.462 e. The van der Waals surface area contributed by atoms with E-state index in [-0.39, 0.29) is 16.1 Å². The number of nitrogens with one attached hydrogen (secondary N) is 2. The Morgan fingerprint density at radius 2 is 1.50 bits per heavy atom. The molecule has 0 radical (unpaired) electrons. The number of ether oxygens (including phenoxy) is 3. The van der Waals surface area contributed by atoms with E-state index in [0.717, 1.165) is 0 Å². The lowest BCUT2D eigenvalue weighted by Gasteiger charge is -2.32. The molecule has 1 aliphatic heterocycles. The van der Waals surface area contributed by atoms with Crippen molar-refractivity contribution in [2.75, 3.05) is 18.9 Å². The third kappa shape index (κ3) is 9.46. The van der Waals surface area contributed by atoms with Crippen LogP contribution in [0.3, 0.4) is 0 Å². The number of alkyl halides is 2. The molecule has 1 aliphatic carbocycles. The Morgan fingerprint density at radius 3 is 2.03 bits per heavy atom. The van der Waals surface area contributed by atoms with Crippen LogP contribution in [0.15, 0.2) is 71.7 Å². The quantitative estimate of drug-likeness (QED) is 0.0620. The molecule has 0 amide bonds. The molecule has 0 spiro atoms. The maximum Gasteiger partial charge on any atom is 0.459 e. The molecule has 2 aromatic carbocycles. The number of benzene rings is 2. The van der Waals surface area contributed by atoms with Crippen LogP contribution in [0.5, 0.6) is 11.5 Å². The smallest absolute Gasteiger partial charge is 0.459 e. The van der Waals surface area contributed by atoms with Crippen LogP contribution in [0.1, 0.15) is 54.7 Å². The minimum absolute atomic E-state index is 0.0242. The average molecular weight is 862 g/mol. The van der Waals surface area contributed by atoms with Gasteiger partial charge < -0.3 is 34.1 Å². The summed E-state index contributed by atoms with van der Waals surface area (Å²) in [6, 6.07) is 12.8. The summed E-state index contributed by atoms with van der Waals surface area (Å²) in [4.78, 5) is 28.9. The van der Waals surface area contributed by atoms with E-state index in [0.29, 0.717) is 6.20 Å². The average Bonchev–Trinajstić information content (AvgIpc) is 3.61. The first-order chi connectivity index (χ1) is 27.1. The van der Waals surface area contributed by atoms with E-state index in [9.17, 15) is 28.2 Å². The lowest BCUT2D eigenvalue weighted by atomic mass is 9.94. The fraction of sp³-hybridized carbons (Fsp3) is 0.528. The summed E-state index contributed by atoms with van der Waals surface area (Å²) >= 11 is 0. The molecular formula is C36H48F3N5O12P2. The highest BCUT2D eigenvalue weighted by molar-refractivity contribution is 7.52. The molecule has 5 unspecified atom stereocenters. The van der Waals surface area contributed by atoms with E-state index < -0.39 is 112 Å². The van der Waals surface area contributed by atoms with Crippen molar-refractivity contribution in [2.45, 2.75) is 96.8 Å². The molecule has 320 valence electrons. The van der Waals surface area contributed by atoms with Crippen LogP contribution in [-0.2, 0) is 37.2 Å². The van der Waals surface area contributed by atoms with E-state index in [4.69, 9.17) is 38.0 Å². The fourth-order valence-corrected chi connectivity index (χ4v) is 9.73. The Kier molecular flexibility index (Phi) is 13.6. The highest BCUT2D eigenvalue weighted by atomic mass is 31.2. The number of aliphatic hydroxyl groups is 1. The number of aliphatic hydroxyl groups excluding tert-OH is 1. The molecule has 2 aliphatic rings. The van der Waals surface area contributed by atoms with E-state index in [1.54, 1.807) is 64.1 Å². The maximum atomic E-state index is 17.2. The van der Waals surface area contributed by atoms with Crippen molar-refractivity contribution >= 4 is 27.3 Å². The van der Waals surface area contributed by atoms with Gasteiger partial charge in [0.05, 0.1) is 48.7 Å². The largest absolute Gasteiger partial charge is 0.462 e. The van der Waals surface area contributed by atoms with Crippen LogP contribution < -0.4 is 30.6 Å². The molecular weight excluding hydrogens is 813 g/mol. The van der Waals surface area contributed by atoms with Crippen molar-refractivity contribution in [3.8, 4) is 11.5 Å². The van der Waals surface area contributed by atoms with Gasteiger partial charge in [0.15, 0.2) is 17.9 Å². The van der Waals surface area contributed by atoms with Crippen LogP contribution >= 0.6 is 15.5 Å². The first-order valence-electron chi connectivity index (χ1n) is 18.2. The number of carbonyl (C=O) groups is 1. The van der Waals surface area contributed by atoms with Crippen LogP contribution in [-0.4, -0.2) is 75.9 Å². The Balaban J connectivity index is 1.52. The number of fused-ring (bicyclic) bond motifs is 1. The Hall–Kier alpha value is -3.84. The number of aromatic nitrogens is 2. The molecule has 0 bridgehead atoms. The second-order valence-corrected chi connectivity index (χ2v) is 18.0. The monoisotopic (exact) mass is 861 g/mol. The van der Waals surface area contributed by atoms with Gasteiger partial charge in [-0.1, -0.05) is 36.4 Å². The molecule has 1 aromatic heterocycles. The lowest BCUT2D eigenvalue weighted by molar-refractivity contribution is -0.181. The summed E-state index contributed by atoms with van der Waals surface area (Å²) in [6.07, 6.45) is -4.61. The summed E-state index contributed by atoms with van der Waals surface area (Å²) in [5.74, 6) is -8.63. The zero-order valence-corrected chi connectivity index (χ0v) is 34.5. The number of carbonyl (C=O) groups excluding carboxylic acids is 1. The van der Waals surface area contributed by atoms with E-state index in [1.165, 1.54) is 45.0 Å². The van der Waals surface area contributed by atoms with Crippen LogP contribution in [0.2, 0.25) is 0 Å². The Labute approximate surface area is 332 Å². The van der Waals surface area contributed by atoms with Crippen molar-refractivity contribution in [2.24, 2.45) is 11.3 Å². The standard InChI is InChI=1S/C36H48F3N5O12P2/c1-21(2)52-30(45)23(5)42-57(48,55-25-14-10-8-11-15-25)50-19-28-34(7)35(28,36(38,39)32(54-34)44-18-27(37)29(40)41-33(44)47)20-51-58(49,56-26-16-12-9-13-17-26)43-24(6)31(46)53-22(3)4/h8-18,21-24,28,30,32,45H,19-20H2,1-7H3,(H,42,48)(H,43,49)(H2,40,41,47)/t23-,24-,28-,30?,32-,34?,35?,57?,58?/m0/s1. The fourth-order valence-electron chi connectivity index (χ4n) is 6.65. The normalized spacial score (nSPS) is 25.9. The molecule has 1 saturated carbocycles. The third-order valence-electron chi connectivity index (χ3n) is 9.58. The first kappa shape index (κ1) is 45.2. The number of hydrogen-bond donors (Lipinski definition) is 4. The van der Waals surface area contributed by atoms with Gasteiger partial charge in [0.2, 0.25) is 6.23 Å². The van der Waals surface area contributed by atoms with Crippen LogP contribution in [0.25, 0.3) is 0 Å². The molecule has 22 heteroatoms. The number of anilines is 1. The van der Waals surface area contributed by atoms with Crippen molar-refractivity contribution < 1.29 is 64.5 Å². The second kappa shape index (κ2) is 17.4. The van der Waals surface area contributed by atoms with Crippen molar-refractivity contribution in [3.63, 3.8) is 0 Å². The molecule has 5 N–H and O–H groups in total. The topological polar surface area (TPSA) is 221 Å². The van der Waals surface area contributed by atoms with Gasteiger partial charge in [-0.05, 0) is 72.7 Å². The molecule has 2 fully saturated rings. The van der Waals surface area contributed by atoms with E-state index in [1.807, 2.05) is 0 Å². The molecule has 5 rings (SSSR count). The Morgan fingerprint density at radius 1 is 0.948 bits per heavy atom. The summed E-state index contributed by atoms with van der Waals surface area (Å²) in [5.41, 5.74) is -0.604. The summed E-state index contributed by atoms with van der Waals surface area (Å²) in [5, 5.41) is 15.6. The number of nitrogens with two attached hydrogens (primary N) is 1. The van der Waals surface area contributed by atoms with Gasteiger partial charge in [0.25, 0.3) is 0 Å². The van der Waals surface area contributed by atoms with Crippen molar-refractivity contribution in [1.29, 1.82) is 0 Å². The minimum atomic E-state index is -4.80. The van der Waals surface area contributed by atoms with Gasteiger partial charge in [0, 0.05) is 5.92 Å². The van der Waals surface area contributed by atoms with Gasteiger partial charge >= 0.3 is 33.1 Å². The van der Waals surface area contributed by atoms with Crippen molar-refractivity contribution in [1.82, 2.24) is 19.7 Å². The maximum absolute atomic E-state index is 17.2. The number of nitrogens with zero attached hydrogens (tertiary/aromatic N) is 2. The predicted octanol–water partition coefficient (Wildman–Crippen LogP) is 5.56. The van der Waals surface area contributed by atoms with Crippen LogP contribution in [0, 0.1) is 17.2 Å². The van der Waals surface area contributed by atoms with Gasteiger partial charge in [-0.25, -0.2) is 32.2 Å². The second-order valence-electron chi connectivity index (χ2n) is 14.6. The lowest BCUT2D eigenvalue weighted by Crippen LogP contribution is -2.45. The first-order valence-corrected chi connectivity index (χ1v) is 21.3. The summed E-state index contributed by atoms with van der Waals surface area (Å²) in [7, 11) is -9.39. The van der Waals surface area contributed by atoms with Crippen molar-refractivity contribution in [3.05, 3.63) is 83.2 Å². The number of halogens is 3. The van der Waals surface area contributed by atoms with Gasteiger partial charge in [0.1, 0.15) is 17.5 Å². The molecule has 3 aromatic rings. The highest BCUT2D eigenvalue weighted by Crippen LogP contribution is 2.80. The zero-order chi connectivity index (χ0) is 42.8. The number of hydrogen-bond acceptors (Lipinski definition) is 14. The molecule has 17 nitrogen and oxygen atoms in total. The Bertz CT molecular complexity index is 2070. The SMILES string of the molecule is CC(C)OC(=O)[C@H](C)NP(=O)(OCC12[C@@H](COP(=O)(N[C@@H](C)C(O)OC(C)C)Oc3ccccc3)C1(C)O[C@H](n1cc(F)c(N)nc1=O)C2(F)F)Oc1ccccc1. The van der Waals surface area contributed by atoms with Crippen LogP contribution in [0.4, 0.5) is 19.0 Å². The number of esters is 1. The van der Waals surface area contributed by atoms with Gasteiger partial charge in [-0.15, -0.1) is 0 Å². The van der Waals surface area contributed by atoms with E-state index in [2.05, 4.69) is 15.2 Å². The summed E-state index contributed by atoms with van der Waals surface area (Å²) in [6.45, 7) is 8.46. The zero-order valence-electron chi connectivity index (χ0n) is 32.7. The molecule has 1 saturated heterocycles. The molecule has 2 heterocycles. The van der Waals surface area contributed by atoms with E-state index >= 15 is 8.78 Å². The molecule has 9 atom stereocenters. The number of nitrogen functional groups attached to an aromatic ring is 1.